The van der Waals surface area contributed by atoms with E-state index in [-0.39, 0.29) is 17.0 Å². The molecule has 3 aromatic carbocycles. The Balaban J connectivity index is 1.81. The van der Waals surface area contributed by atoms with Crippen molar-refractivity contribution in [2.24, 2.45) is 0 Å². The first-order valence-corrected chi connectivity index (χ1v) is 10.6. The summed E-state index contributed by atoms with van der Waals surface area (Å²) in [5.74, 6) is -0.189. The van der Waals surface area contributed by atoms with Gasteiger partial charge in [0.25, 0.3) is 11.8 Å². The highest BCUT2D eigenvalue weighted by Gasteiger charge is 2.40. The van der Waals surface area contributed by atoms with Crippen LogP contribution in [0.1, 0.15) is 12.5 Å². The number of methoxy groups -OCH3 is 2. The lowest BCUT2D eigenvalue weighted by Crippen LogP contribution is -2.32. The van der Waals surface area contributed by atoms with Crippen molar-refractivity contribution in [1.82, 2.24) is 0 Å². The molecule has 0 aromatic heterocycles. The number of carbonyl (C=O) groups is 2. The van der Waals surface area contributed by atoms with E-state index in [9.17, 15) is 14.0 Å². The Hall–Kier alpha value is -4.33. The van der Waals surface area contributed by atoms with Crippen LogP contribution in [0.2, 0.25) is 0 Å². The third-order valence-corrected chi connectivity index (χ3v) is 5.26. The quantitative estimate of drug-likeness (QED) is 0.492. The van der Waals surface area contributed by atoms with Crippen LogP contribution in [-0.2, 0) is 9.59 Å². The standard InChI is InChI=1S/C26H23FN2O5/c1-4-34-20-11-9-18(10-12-20)28-24-23(16-8-13-21(32-2)22(14-16)33-3)25(30)29(26(24)31)19-7-5-6-17(27)15-19/h5-15,28H,4H2,1-3H3. The summed E-state index contributed by atoms with van der Waals surface area (Å²) < 4.78 is 30.0. The SMILES string of the molecule is CCOc1ccc(NC2=C(c3ccc(OC)c(OC)c3)C(=O)N(c3cccc(F)c3)C2=O)cc1. The fourth-order valence-electron chi connectivity index (χ4n) is 3.70. The lowest BCUT2D eigenvalue weighted by atomic mass is 10.0. The van der Waals surface area contributed by atoms with E-state index in [4.69, 9.17) is 14.2 Å². The van der Waals surface area contributed by atoms with Gasteiger partial charge >= 0.3 is 0 Å². The number of anilines is 2. The lowest BCUT2D eigenvalue weighted by molar-refractivity contribution is -0.120. The summed E-state index contributed by atoms with van der Waals surface area (Å²) in [4.78, 5) is 27.9. The number of rotatable bonds is 8. The summed E-state index contributed by atoms with van der Waals surface area (Å²) in [5, 5.41) is 3.07. The second-order valence-electron chi connectivity index (χ2n) is 7.33. The highest BCUT2D eigenvalue weighted by Crippen LogP contribution is 2.37. The molecule has 1 aliphatic heterocycles. The summed E-state index contributed by atoms with van der Waals surface area (Å²) in [5.41, 5.74) is 1.35. The van der Waals surface area contributed by atoms with Crippen molar-refractivity contribution in [3.63, 3.8) is 0 Å². The summed E-state index contributed by atoms with van der Waals surface area (Å²) in [6.07, 6.45) is 0. The molecular weight excluding hydrogens is 439 g/mol. The number of nitrogens with one attached hydrogen (secondary N) is 1. The number of amides is 2. The summed E-state index contributed by atoms with van der Waals surface area (Å²) in [6.45, 7) is 2.41. The molecule has 0 spiro atoms. The average Bonchev–Trinajstić information content (AvgIpc) is 3.09. The van der Waals surface area contributed by atoms with Crippen molar-refractivity contribution >= 4 is 28.8 Å². The van der Waals surface area contributed by atoms with Crippen LogP contribution in [0.25, 0.3) is 5.57 Å². The Morgan fingerprint density at radius 2 is 1.62 bits per heavy atom. The average molecular weight is 462 g/mol. The molecule has 1 aliphatic rings. The molecule has 1 heterocycles. The van der Waals surface area contributed by atoms with Crippen molar-refractivity contribution in [1.29, 1.82) is 0 Å². The second kappa shape index (κ2) is 9.66. The molecule has 0 radical (unpaired) electrons. The predicted molar refractivity (Wildman–Crippen MR) is 127 cm³/mol. The normalized spacial score (nSPS) is 13.4. The number of imide groups is 1. The maximum absolute atomic E-state index is 13.9. The predicted octanol–water partition coefficient (Wildman–Crippen LogP) is 4.64. The van der Waals surface area contributed by atoms with Crippen LogP contribution in [0.4, 0.5) is 15.8 Å². The number of hydrogen-bond acceptors (Lipinski definition) is 6. The fraction of sp³-hybridized carbons (Fsp3) is 0.154. The Labute approximate surface area is 196 Å². The van der Waals surface area contributed by atoms with Gasteiger partial charge in [0.2, 0.25) is 0 Å². The van der Waals surface area contributed by atoms with E-state index in [0.717, 1.165) is 11.0 Å². The van der Waals surface area contributed by atoms with E-state index in [1.54, 1.807) is 42.5 Å². The van der Waals surface area contributed by atoms with Crippen LogP contribution >= 0.6 is 0 Å². The van der Waals surface area contributed by atoms with Crippen molar-refractivity contribution in [3.05, 3.63) is 83.8 Å². The molecule has 0 saturated carbocycles. The van der Waals surface area contributed by atoms with Crippen molar-refractivity contribution in [2.45, 2.75) is 6.92 Å². The molecule has 0 atom stereocenters. The molecule has 174 valence electrons. The Morgan fingerprint density at radius 3 is 2.26 bits per heavy atom. The van der Waals surface area contributed by atoms with Gasteiger partial charge in [-0.3, -0.25) is 9.59 Å². The van der Waals surface area contributed by atoms with E-state index < -0.39 is 17.6 Å². The zero-order valence-electron chi connectivity index (χ0n) is 18.9. The van der Waals surface area contributed by atoms with Gasteiger partial charge in [-0.15, -0.1) is 0 Å². The van der Waals surface area contributed by atoms with Gasteiger partial charge < -0.3 is 19.5 Å². The van der Waals surface area contributed by atoms with Gasteiger partial charge in [0.05, 0.1) is 32.1 Å². The van der Waals surface area contributed by atoms with Crippen LogP contribution in [0.15, 0.2) is 72.4 Å². The van der Waals surface area contributed by atoms with Crippen LogP contribution in [0, 0.1) is 5.82 Å². The molecule has 0 saturated heterocycles. The number of benzene rings is 3. The first-order valence-electron chi connectivity index (χ1n) is 10.6. The minimum Gasteiger partial charge on any atom is -0.494 e. The van der Waals surface area contributed by atoms with Gasteiger partial charge in [0.15, 0.2) is 11.5 Å². The van der Waals surface area contributed by atoms with E-state index in [2.05, 4.69) is 5.32 Å². The van der Waals surface area contributed by atoms with Crippen LogP contribution in [0.5, 0.6) is 17.2 Å². The zero-order valence-corrected chi connectivity index (χ0v) is 18.9. The third kappa shape index (κ3) is 4.30. The molecular formula is C26H23FN2O5. The van der Waals surface area contributed by atoms with Gasteiger partial charge in [0, 0.05) is 5.69 Å². The van der Waals surface area contributed by atoms with Crippen LogP contribution in [-0.4, -0.2) is 32.6 Å². The Morgan fingerprint density at radius 1 is 0.882 bits per heavy atom. The van der Waals surface area contributed by atoms with E-state index in [1.165, 1.54) is 32.4 Å². The van der Waals surface area contributed by atoms with Gasteiger partial charge in [-0.2, -0.15) is 0 Å². The first-order chi connectivity index (χ1) is 16.5. The number of hydrogen-bond donors (Lipinski definition) is 1. The molecule has 7 nitrogen and oxygen atoms in total. The monoisotopic (exact) mass is 462 g/mol. The van der Waals surface area contributed by atoms with Gasteiger partial charge in [0.1, 0.15) is 17.3 Å². The lowest BCUT2D eigenvalue weighted by Gasteiger charge is -2.15. The molecule has 34 heavy (non-hydrogen) atoms. The second-order valence-corrected chi connectivity index (χ2v) is 7.33. The largest absolute Gasteiger partial charge is 0.494 e. The highest BCUT2D eigenvalue weighted by atomic mass is 19.1. The Kier molecular flexibility index (Phi) is 6.49. The molecule has 0 bridgehead atoms. The molecule has 3 aromatic rings. The molecule has 8 heteroatoms. The third-order valence-electron chi connectivity index (χ3n) is 5.26. The van der Waals surface area contributed by atoms with Crippen LogP contribution < -0.4 is 24.4 Å². The van der Waals surface area contributed by atoms with Crippen molar-refractivity contribution in [2.75, 3.05) is 31.0 Å². The smallest absolute Gasteiger partial charge is 0.282 e. The number of halogens is 1. The maximum atomic E-state index is 13.9. The van der Waals surface area contributed by atoms with E-state index in [1.807, 2.05) is 6.92 Å². The summed E-state index contributed by atoms with van der Waals surface area (Å²) in [6, 6.07) is 17.3. The first kappa shape index (κ1) is 22.8. The number of nitrogens with zero attached hydrogens (tertiary/aromatic N) is 1. The molecule has 0 fully saturated rings. The minimum absolute atomic E-state index is 0.0608. The fourth-order valence-corrected chi connectivity index (χ4v) is 3.70. The minimum atomic E-state index is -0.603. The van der Waals surface area contributed by atoms with Crippen LogP contribution in [0.3, 0.4) is 0 Å². The van der Waals surface area contributed by atoms with Gasteiger partial charge in [-0.25, -0.2) is 9.29 Å². The number of ether oxygens (including phenoxy) is 3. The van der Waals surface area contributed by atoms with Crippen molar-refractivity contribution in [3.8, 4) is 17.2 Å². The molecule has 0 aliphatic carbocycles. The zero-order chi connectivity index (χ0) is 24.2. The maximum Gasteiger partial charge on any atom is 0.282 e. The Bertz CT molecular complexity index is 1270. The summed E-state index contributed by atoms with van der Waals surface area (Å²) in [7, 11) is 2.99. The van der Waals surface area contributed by atoms with E-state index in [0.29, 0.717) is 35.1 Å². The van der Waals surface area contributed by atoms with Gasteiger partial charge in [-0.05, 0) is 67.1 Å². The number of carbonyl (C=O) groups excluding carboxylic acids is 2. The highest BCUT2D eigenvalue weighted by molar-refractivity contribution is 6.46. The molecule has 0 unspecified atom stereocenters. The van der Waals surface area contributed by atoms with Gasteiger partial charge in [-0.1, -0.05) is 12.1 Å². The summed E-state index contributed by atoms with van der Waals surface area (Å²) >= 11 is 0. The molecule has 2 amide bonds. The van der Waals surface area contributed by atoms with Crippen molar-refractivity contribution < 1.29 is 28.2 Å². The molecule has 4 rings (SSSR count). The molecule has 1 N–H and O–H groups in total. The van der Waals surface area contributed by atoms with E-state index >= 15 is 0 Å². The topological polar surface area (TPSA) is 77.1 Å².